The van der Waals surface area contributed by atoms with Gasteiger partial charge in [-0.2, -0.15) is 0 Å². The Balaban J connectivity index is 2.41. The Morgan fingerprint density at radius 3 is 2.76 bits per heavy atom. The quantitative estimate of drug-likeness (QED) is 0.781. The van der Waals surface area contributed by atoms with Crippen molar-refractivity contribution in [1.82, 2.24) is 0 Å². The number of carbonyl (C=O) groups is 1. The molecule has 0 aliphatic heterocycles. The predicted octanol–water partition coefficient (Wildman–Crippen LogP) is 3.28. The van der Waals surface area contributed by atoms with Crippen LogP contribution in [0.5, 0.6) is 0 Å². The van der Waals surface area contributed by atoms with Crippen LogP contribution in [0.4, 0.5) is 5.69 Å². The minimum atomic E-state index is -3.11. The lowest BCUT2D eigenvalue weighted by molar-refractivity contribution is 0.0697. The average Bonchev–Trinajstić information content (AvgIpc) is 2.87. The second-order valence-electron chi connectivity index (χ2n) is 4.41. The highest BCUT2D eigenvalue weighted by Crippen LogP contribution is 2.29. The first-order chi connectivity index (χ1) is 9.79. The molecule has 0 fully saturated rings. The van der Waals surface area contributed by atoms with Crippen LogP contribution in [-0.2, 0) is 16.3 Å². The minimum absolute atomic E-state index is 0.00474. The molecule has 0 aliphatic rings. The summed E-state index contributed by atoms with van der Waals surface area (Å²) in [5.41, 5.74) is 0.180. The predicted molar refractivity (Wildman–Crippen MR) is 79.5 cm³/mol. The van der Waals surface area contributed by atoms with Gasteiger partial charge in [0.05, 0.1) is 43.7 Å². The zero-order valence-corrected chi connectivity index (χ0v) is 12.6. The third-order valence-corrected chi connectivity index (χ3v) is 4.36. The van der Waals surface area contributed by atoms with Crippen molar-refractivity contribution >= 4 is 33.0 Å². The number of benzene rings is 1. The van der Waals surface area contributed by atoms with Gasteiger partial charge >= 0.3 is 5.97 Å². The van der Waals surface area contributed by atoms with Crippen molar-refractivity contribution in [3.63, 3.8) is 0 Å². The van der Waals surface area contributed by atoms with Crippen LogP contribution < -0.4 is 5.32 Å². The number of hydrogen-bond donors (Lipinski definition) is 3. The van der Waals surface area contributed by atoms with E-state index in [2.05, 4.69) is 5.32 Å². The number of aromatic carboxylic acids is 1. The maximum Gasteiger partial charge on any atom is 0.337 e. The van der Waals surface area contributed by atoms with E-state index >= 15 is 0 Å². The third-order valence-electron chi connectivity index (χ3n) is 2.76. The molecule has 3 N–H and O–H groups in total. The Morgan fingerprint density at radius 2 is 2.24 bits per heavy atom. The molecule has 6 nitrogen and oxygen atoms in total. The third kappa shape index (κ3) is 3.56. The summed E-state index contributed by atoms with van der Waals surface area (Å²) in [6.07, 6.45) is 2.70. The van der Waals surface area contributed by atoms with Crippen molar-refractivity contribution in [2.24, 2.45) is 0 Å². The lowest BCUT2D eigenvalue weighted by Gasteiger charge is -2.12. The number of hydrogen-bond acceptors (Lipinski definition) is 5. The van der Waals surface area contributed by atoms with Gasteiger partial charge in [0.2, 0.25) is 0 Å². The molecule has 1 atom stereocenters. The fourth-order valence-electron chi connectivity index (χ4n) is 1.77. The normalized spacial score (nSPS) is 13.6. The molecule has 1 unspecified atom stereocenters. The zero-order valence-electron chi connectivity index (χ0n) is 11.1. The molecular weight excluding hydrogens is 316 g/mol. The Kier molecular flexibility index (Phi) is 4.24. The van der Waals surface area contributed by atoms with Crippen molar-refractivity contribution in [3.05, 3.63) is 46.9 Å². The standard InChI is InChI=1S/C13H13ClN2O4S/c1-21(15,19)12-5-9(13(17)18)11(6-10(12)14)16-7-8-3-2-4-20-8/h2-6,15-16H,7H2,1H3,(H,17,18). The summed E-state index contributed by atoms with van der Waals surface area (Å²) < 4.78 is 24.5. The van der Waals surface area contributed by atoms with E-state index in [1.807, 2.05) is 0 Å². The lowest BCUT2D eigenvalue weighted by Crippen LogP contribution is -2.08. The van der Waals surface area contributed by atoms with E-state index in [0.717, 1.165) is 0 Å². The van der Waals surface area contributed by atoms with E-state index in [9.17, 15) is 14.1 Å². The van der Waals surface area contributed by atoms with E-state index in [-0.39, 0.29) is 27.7 Å². The van der Waals surface area contributed by atoms with Crippen LogP contribution in [0.3, 0.4) is 0 Å². The highest BCUT2D eigenvalue weighted by molar-refractivity contribution is 7.91. The minimum Gasteiger partial charge on any atom is -0.478 e. The molecule has 2 rings (SSSR count). The number of rotatable bonds is 5. The van der Waals surface area contributed by atoms with Gasteiger partial charge in [0, 0.05) is 6.26 Å². The van der Waals surface area contributed by atoms with Gasteiger partial charge in [-0.15, -0.1) is 0 Å². The van der Waals surface area contributed by atoms with Crippen LogP contribution in [0, 0.1) is 4.78 Å². The molecule has 0 aliphatic carbocycles. The molecule has 0 saturated heterocycles. The highest BCUT2D eigenvalue weighted by atomic mass is 35.5. The van der Waals surface area contributed by atoms with Crippen molar-refractivity contribution in [3.8, 4) is 0 Å². The zero-order chi connectivity index (χ0) is 15.6. The summed E-state index contributed by atoms with van der Waals surface area (Å²) in [7, 11) is -3.11. The summed E-state index contributed by atoms with van der Waals surface area (Å²) in [5.74, 6) is -0.565. The van der Waals surface area contributed by atoms with Crippen LogP contribution in [0.2, 0.25) is 5.02 Å². The number of halogens is 1. The lowest BCUT2D eigenvalue weighted by atomic mass is 10.1. The Hall–Kier alpha value is -1.99. The van der Waals surface area contributed by atoms with Crippen LogP contribution in [0.25, 0.3) is 0 Å². The summed E-state index contributed by atoms with van der Waals surface area (Å²) in [5, 5.41) is 12.2. The fourth-order valence-corrected chi connectivity index (χ4v) is 3.15. The van der Waals surface area contributed by atoms with Crippen molar-refractivity contribution in [2.45, 2.75) is 11.4 Å². The summed E-state index contributed by atoms with van der Waals surface area (Å²) in [6, 6.07) is 6.00. The number of anilines is 1. The second kappa shape index (κ2) is 5.79. The molecule has 0 bridgehead atoms. The highest BCUT2D eigenvalue weighted by Gasteiger charge is 2.18. The van der Waals surface area contributed by atoms with Crippen molar-refractivity contribution < 1.29 is 18.5 Å². The average molecular weight is 329 g/mol. The number of carboxylic acid groups (broad SMARTS) is 1. The molecule has 112 valence electrons. The molecular formula is C13H13ClN2O4S. The van der Waals surface area contributed by atoms with Gasteiger partial charge in [0.25, 0.3) is 0 Å². The van der Waals surface area contributed by atoms with Gasteiger partial charge in [-0.05, 0) is 24.3 Å². The first kappa shape index (κ1) is 15.4. The molecule has 0 saturated carbocycles. The topological polar surface area (TPSA) is 103 Å². The number of nitrogens with one attached hydrogen (secondary N) is 2. The Morgan fingerprint density at radius 1 is 1.52 bits per heavy atom. The molecule has 2 aromatic rings. The Labute approximate surface area is 126 Å². The molecule has 8 heteroatoms. The molecule has 1 aromatic heterocycles. The van der Waals surface area contributed by atoms with E-state index in [0.29, 0.717) is 5.76 Å². The van der Waals surface area contributed by atoms with E-state index in [4.69, 9.17) is 20.8 Å². The van der Waals surface area contributed by atoms with Gasteiger partial charge < -0.3 is 14.8 Å². The molecule has 0 spiro atoms. The first-order valence-electron chi connectivity index (χ1n) is 5.86. The molecule has 1 heterocycles. The van der Waals surface area contributed by atoms with Gasteiger partial charge in [-0.1, -0.05) is 11.6 Å². The summed E-state index contributed by atoms with van der Waals surface area (Å²) in [6.45, 7) is 0.283. The number of furan rings is 1. The van der Waals surface area contributed by atoms with E-state index in [1.165, 1.54) is 24.7 Å². The first-order valence-corrected chi connectivity index (χ1v) is 8.20. The fraction of sp³-hybridized carbons (Fsp3) is 0.154. The maximum atomic E-state index is 11.8. The SMILES string of the molecule is CS(=N)(=O)c1cc(C(=O)O)c(NCc2ccco2)cc1Cl. The van der Waals surface area contributed by atoms with E-state index in [1.54, 1.807) is 12.1 Å². The molecule has 21 heavy (non-hydrogen) atoms. The maximum absolute atomic E-state index is 11.8. The molecule has 0 radical (unpaired) electrons. The van der Waals surface area contributed by atoms with Crippen LogP contribution in [-0.4, -0.2) is 21.5 Å². The number of carboxylic acids is 1. The monoisotopic (exact) mass is 328 g/mol. The largest absolute Gasteiger partial charge is 0.478 e. The Bertz CT molecular complexity index is 770. The van der Waals surface area contributed by atoms with Crippen molar-refractivity contribution in [2.75, 3.05) is 11.6 Å². The van der Waals surface area contributed by atoms with Crippen LogP contribution >= 0.6 is 11.6 Å². The van der Waals surface area contributed by atoms with Gasteiger partial charge in [-0.3, -0.25) is 0 Å². The summed E-state index contributed by atoms with van der Waals surface area (Å²) >= 11 is 6.00. The molecule has 0 amide bonds. The van der Waals surface area contributed by atoms with Gasteiger partial charge in [-0.25, -0.2) is 13.8 Å². The van der Waals surface area contributed by atoms with Crippen LogP contribution in [0.1, 0.15) is 16.1 Å². The summed E-state index contributed by atoms with van der Waals surface area (Å²) in [4.78, 5) is 11.3. The van der Waals surface area contributed by atoms with E-state index < -0.39 is 15.7 Å². The smallest absolute Gasteiger partial charge is 0.337 e. The van der Waals surface area contributed by atoms with Crippen LogP contribution in [0.15, 0.2) is 39.8 Å². The second-order valence-corrected chi connectivity index (χ2v) is 6.94. The van der Waals surface area contributed by atoms with Gasteiger partial charge in [0.15, 0.2) is 0 Å². The molecule has 1 aromatic carbocycles. The van der Waals surface area contributed by atoms with Gasteiger partial charge in [0.1, 0.15) is 5.76 Å². The van der Waals surface area contributed by atoms with Crippen molar-refractivity contribution in [1.29, 1.82) is 4.78 Å².